The SMILES string of the molecule is COCCOCCOCC1(CCN)CC1. The molecule has 4 nitrogen and oxygen atoms in total. The molecule has 1 rings (SSSR count). The van der Waals surface area contributed by atoms with Crippen molar-refractivity contribution in [1.29, 1.82) is 0 Å². The van der Waals surface area contributed by atoms with Gasteiger partial charge in [0.15, 0.2) is 0 Å². The van der Waals surface area contributed by atoms with Crippen LogP contribution in [0.15, 0.2) is 0 Å². The Kier molecular flexibility index (Phi) is 6.17. The lowest BCUT2D eigenvalue weighted by atomic mass is 10.0. The molecule has 1 fully saturated rings. The minimum Gasteiger partial charge on any atom is -0.382 e. The highest BCUT2D eigenvalue weighted by Crippen LogP contribution is 2.48. The van der Waals surface area contributed by atoms with Crippen molar-refractivity contribution in [3.63, 3.8) is 0 Å². The summed E-state index contributed by atoms with van der Waals surface area (Å²) in [4.78, 5) is 0. The fraction of sp³-hybridized carbons (Fsp3) is 1.00. The molecule has 0 atom stereocenters. The Labute approximate surface area is 92.1 Å². The summed E-state index contributed by atoms with van der Waals surface area (Å²) in [6.07, 6.45) is 3.64. The molecule has 2 N–H and O–H groups in total. The summed E-state index contributed by atoms with van der Waals surface area (Å²) < 4.78 is 15.7. The topological polar surface area (TPSA) is 53.7 Å². The predicted octanol–water partition coefficient (Wildman–Crippen LogP) is 0.795. The molecule has 0 spiro atoms. The second kappa shape index (κ2) is 7.17. The van der Waals surface area contributed by atoms with Gasteiger partial charge in [0, 0.05) is 7.11 Å². The van der Waals surface area contributed by atoms with Gasteiger partial charge < -0.3 is 19.9 Å². The van der Waals surface area contributed by atoms with Crippen LogP contribution in [-0.4, -0.2) is 46.7 Å². The van der Waals surface area contributed by atoms with Gasteiger partial charge in [0.05, 0.1) is 33.0 Å². The normalized spacial score (nSPS) is 18.0. The van der Waals surface area contributed by atoms with E-state index in [4.69, 9.17) is 19.9 Å². The van der Waals surface area contributed by atoms with Gasteiger partial charge in [0.1, 0.15) is 0 Å². The van der Waals surface area contributed by atoms with E-state index in [0.29, 0.717) is 31.8 Å². The van der Waals surface area contributed by atoms with E-state index in [-0.39, 0.29) is 0 Å². The molecular formula is C11H23NO3. The van der Waals surface area contributed by atoms with Crippen LogP contribution < -0.4 is 5.73 Å². The van der Waals surface area contributed by atoms with Gasteiger partial charge in [-0.15, -0.1) is 0 Å². The van der Waals surface area contributed by atoms with Crippen LogP contribution in [0.3, 0.4) is 0 Å². The first-order chi connectivity index (χ1) is 7.33. The third kappa shape index (κ3) is 5.47. The van der Waals surface area contributed by atoms with Crippen molar-refractivity contribution in [2.24, 2.45) is 11.1 Å². The van der Waals surface area contributed by atoms with Gasteiger partial charge in [-0.3, -0.25) is 0 Å². The summed E-state index contributed by atoms with van der Waals surface area (Å²) in [6.45, 7) is 4.24. The Morgan fingerprint density at radius 1 is 1.07 bits per heavy atom. The molecule has 0 aromatic rings. The molecule has 0 amide bonds. The van der Waals surface area contributed by atoms with Crippen molar-refractivity contribution in [2.75, 3.05) is 46.7 Å². The first-order valence-corrected chi connectivity index (χ1v) is 5.67. The monoisotopic (exact) mass is 217 g/mol. The number of hydrogen-bond donors (Lipinski definition) is 1. The van der Waals surface area contributed by atoms with Gasteiger partial charge in [-0.25, -0.2) is 0 Å². The molecule has 1 saturated carbocycles. The average molecular weight is 217 g/mol. The van der Waals surface area contributed by atoms with E-state index in [1.807, 2.05) is 0 Å². The van der Waals surface area contributed by atoms with Crippen molar-refractivity contribution in [3.05, 3.63) is 0 Å². The molecule has 15 heavy (non-hydrogen) atoms. The summed E-state index contributed by atoms with van der Waals surface area (Å²) in [5.74, 6) is 0. The number of rotatable bonds is 10. The molecule has 1 aliphatic rings. The lowest BCUT2D eigenvalue weighted by Crippen LogP contribution is -2.17. The third-order valence-electron chi connectivity index (χ3n) is 2.84. The molecule has 0 aliphatic heterocycles. The van der Waals surface area contributed by atoms with Crippen LogP contribution in [0.4, 0.5) is 0 Å². The van der Waals surface area contributed by atoms with Crippen LogP contribution in [0.25, 0.3) is 0 Å². The third-order valence-corrected chi connectivity index (χ3v) is 2.84. The van der Waals surface area contributed by atoms with E-state index in [2.05, 4.69) is 0 Å². The minimum absolute atomic E-state index is 0.418. The van der Waals surface area contributed by atoms with Crippen molar-refractivity contribution >= 4 is 0 Å². The van der Waals surface area contributed by atoms with Crippen LogP contribution in [0.5, 0.6) is 0 Å². The molecular weight excluding hydrogens is 194 g/mol. The zero-order chi connectivity index (χ0) is 11.0. The zero-order valence-electron chi connectivity index (χ0n) is 9.67. The largest absolute Gasteiger partial charge is 0.382 e. The Morgan fingerprint density at radius 3 is 2.33 bits per heavy atom. The first-order valence-electron chi connectivity index (χ1n) is 5.67. The number of ether oxygens (including phenoxy) is 3. The summed E-state index contributed by atoms with van der Waals surface area (Å²) in [5.41, 5.74) is 5.96. The van der Waals surface area contributed by atoms with E-state index in [1.165, 1.54) is 12.8 Å². The zero-order valence-corrected chi connectivity index (χ0v) is 9.67. The minimum atomic E-state index is 0.418. The molecule has 0 unspecified atom stereocenters. The first kappa shape index (κ1) is 12.9. The van der Waals surface area contributed by atoms with Crippen LogP contribution >= 0.6 is 0 Å². The molecule has 0 aromatic carbocycles. The highest BCUT2D eigenvalue weighted by molar-refractivity contribution is 4.92. The van der Waals surface area contributed by atoms with Gasteiger partial charge in [-0.05, 0) is 31.2 Å². The van der Waals surface area contributed by atoms with Gasteiger partial charge in [0.2, 0.25) is 0 Å². The summed E-state index contributed by atoms with van der Waals surface area (Å²) in [6, 6.07) is 0. The van der Waals surface area contributed by atoms with Crippen molar-refractivity contribution < 1.29 is 14.2 Å². The fourth-order valence-corrected chi connectivity index (χ4v) is 1.60. The van der Waals surface area contributed by atoms with E-state index in [1.54, 1.807) is 7.11 Å². The molecule has 4 heteroatoms. The van der Waals surface area contributed by atoms with Crippen molar-refractivity contribution in [3.8, 4) is 0 Å². The summed E-state index contributed by atoms with van der Waals surface area (Å²) in [5, 5.41) is 0. The maximum Gasteiger partial charge on any atom is 0.0701 e. The standard InChI is InChI=1S/C11H23NO3/c1-13-6-7-14-8-9-15-10-11(2-3-11)4-5-12/h2-10,12H2,1H3. The maximum atomic E-state index is 5.57. The number of nitrogens with two attached hydrogens (primary N) is 1. The molecule has 0 saturated heterocycles. The molecule has 1 aliphatic carbocycles. The lowest BCUT2D eigenvalue weighted by molar-refractivity contribution is 0.0117. The predicted molar refractivity (Wildman–Crippen MR) is 58.9 cm³/mol. The van der Waals surface area contributed by atoms with Crippen LogP contribution in [0.1, 0.15) is 19.3 Å². The van der Waals surface area contributed by atoms with E-state index >= 15 is 0 Å². The smallest absolute Gasteiger partial charge is 0.0701 e. The van der Waals surface area contributed by atoms with E-state index in [0.717, 1.165) is 19.6 Å². The highest BCUT2D eigenvalue weighted by atomic mass is 16.5. The van der Waals surface area contributed by atoms with Gasteiger partial charge >= 0.3 is 0 Å². The Morgan fingerprint density at radius 2 is 1.73 bits per heavy atom. The summed E-state index contributed by atoms with van der Waals surface area (Å²) >= 11 is 0. The Balaban J connectivity index is 1.84. The van der Waals surface area contributed by atoms with E-state index < -0.39 is 0 Å². The van der Waals surface area contributed by atoms with E-state index in [9.17, 15) is 0 Å². The van der Waals surface area contributed by atoms with Crippen LogP contribution in [-0.2, 0) is 14.2 Å². The van der Waals surface area contributed by atoms with Gasteiger partial charge in [-0.1, -0.05) is 0 Å². The fourth-order valence-electron chi connectivity index (χ4n) is 1.60. The molecule has 0 radical (unpaired) electrons. The van der Waals surface area contributed by atoms with Crippen LogP contribution in [0.2, 0.25) is 0 Å². The van der Waals surface area contributed by atoms with Crippen molar-refractivity contribution in [2.45, 2.75) is 19.3 Å². The number of methoxy groups -OCH3 is 1. The highest BCUT2D eigenvalue weighted by Gasteiger charge is 2.41. The lowest BCUT2D eigenvalue weighted by Gasteiger charge is -2.14. The molecule has 0 aromatic heterocycles. The van der Waals surface area contributed by atoms with Gasteiger partial charge in [-0.2, -0.15) is 0 Å². The van der Waals surface area contributed by atoms with Crippen LogP contribution in [0, 0.1) is 5.41 Å². The molecule has 0 bridgehead atoms. The molecule has 0 heterocycles. The Bertz CT molecular complexity index is 160. The second-order valence-electron chi connectivity index (χ2n) is 4.20. The maximum absolute atomic E-state index is 5.57. The van der Waals surface area contributed by atoms with Gasteiger partial charge in [0.25, 0.3) is 0 Å². The summed E-state index contributed by atoms with van der Waals surface area (Å²) in [7, 11) is 1.67. The average Bonchev–Trinajstić information content (AvgIpc) is 2.98. The van der Waals surface area contributed by atoms with Crippen molar-refractivity contribution in [1.82, 2.24) is 0 Å². The number of hydrogen-bond acceptors (Lipinski definition) is 4. The Hall–Kier alpha value is -0.160. The molecule has 90 valence electrons. The second-order valence-corrected chi connectivity index (χ2v) is 4.20. The quantitative estimate of drug-likeness (QED) is 0.550.